The number of likely N-dealkylation sites (N-methyl/N-ethyl adjacent to an activating group) is 1. The Labute approximate surface area is 229 Å². The predicted octanol–water partition coefficient (Wildman–Crippen LogP) is 2.61. The molecule has 202 valence electrons. The molecule has 2 aromatic heterocycles. The van der Waals surface area contributed by atoms with Crippen molar-refractivity contribution in [3.63, 3.8) is 0 Å². The highest BCUT2D eigenvalue weighted by atomic mass is 32.2. The molecule has 39 heavy (non-hydrogen) atoms. The van der Waals surface area contributed by atoms with Gasteiger partial charge in [-0.25, -0.2) is 14.4 Å². The fraction of sp³-hybridized carbons (Fsp3) is 0.259. The summed E-state index contributed by atoms with van der Waals surface area (Å²) in [5.41, 5.74) is 14.3. The maximum absolute atomic E-state index is 14.2. The van der Waals surface area contributed by atoms with Gasteiger partial charge in [-0.05, 0) is 37.4 Å². The van der Waals surface area contributed by atoms with Crippen LogP contribution < -0.4 is 16.8 Å². The second kappa shape index (κ2) is 11.4. The highest BCUT2D eigenvalue weighted by Crippen LogP contribution is 2.30. The lowest BCUT2D eigenvalue weighted by Gasteiger charge is -2.32. The highest BCUT2D eigenvalue weighted by molar-refractivity contribution is 7.99. The molecule has 3 heterocycles. The van der Waals surface area contributed by atoms with Crippen molar-refractivity contribution in [2.45, 2.75) is 23.0 Å². The molecule has 0 unspecified atom stereocenters. The number of hydrogen-bond acceptors (Lipinski definition) is 8. The van der Waals surface area contributed by atoms with Crippen molar-refractivity contribution in [1.29, 1.82) is 0 Å². The quantitative estimate of drug-likeness (QED) is 0.263. The van der Waals surface area contributed by atoms with Crippen molar-refractivity contribution in [2.24, 2.45) is 5.73 Å². The molecular weight excluding hydrogens is 519 g/mol. The normalized spacial score (nSPS) is 14.5. The Hall–Kier alpha value is -4.00. The molecule has 2 amide bonds. The molecule has 1 aliphatic heterocycles. The molecule has 0 saturated carbocycles. The largest absolute Gasteiger partial charge is 0.382 e. The second-order valence-corrected chi connectivity index (χ2v) is 10.5. The number of piperazine rings is 1. The van der Waals surface area contributed by atoms with Gasteiger partial charge in [0.2, 0.25) is 5.91 Å². The molecule has 0 aliphatic carbocycles. The summed E-state index contributed by atoms with van der Waals surface area (Å²) in [5.74, 6) is -1.46. The van der Waals surface area contributed by atoms with E-state index < -0.39 is 11.8 Å². The summed E-state index contributed by atoms with van der Waals surface area (Å²) in [7, 11) is 2.10. The minimum absolute atomic E-state index is 0.0253. The van der Waals surface area contributed by atoms with Crippen molar-refractivity contribution in [3.8, 4) is 0 Å². The van der Waals surface area contributed by atoms with E-state index in [4.69, 9.17) is 11.5 Å². The molecule has 12 heteroatoms. The standard InChI is InChI=1S/C27H29FN8O2S/c1-35-8-10-36(11-9-35)15-21-19(18-12-16(28)6-7-20(18)33-21)13-32-27(38)24-25(29)31-14-23(34-24)39-22-5-3-2-4-17(22)26(30)37/h2-7,12,14,33H,8-11,13,15H2,1H3,(H2,29,31)(H2,30,37)(H,32,38). The fourth-order valence-electron chi connectivity index (χ4n) is 4.56. The number of H-pyrrole nitrogens is 1. The summed E-state index contributed by atoms with van der Waals surface area (Å²) in [6, 6.07) is 11.4. The molecule has 6 N–H and O–H groups in total. The molecule has 0 radical (unpaired) electrons. The van der Waals surface area contributed by atoms with Crippen LogP contribution in [0.3, 0.4) is 0 Å². The van der Waals surface area contributed by atoms with Gasteiger partial charge < -0.3 is 26.7 Å². The smallest absolute Gasteiger partial charge is 0.274 e. The topological polar surface area (TPSA) is 146 Å². The van der Waals surface area contributed by atoms with Gasteiger partial charge >= 0.3 is 0 Å². The number of aromatic amines is 1. The summed E-state index contributed by atoms with van der Waals surface area (Å²) in [4.78, 5) is 42.1. The summed E-state index contributed by atoms with van der Waals surface area (Å²) in [6.07, 6.45) is 1.44. The van der Waals surface area contributed by atoms with Gasteiger partial charge in [-0.3, -0.25) is 14.5 Å². The fourth-order valence-corrected chi connectivity index (χ4v) is 5.46. The maximum Gasteiger partial charge on any atom is 0.274 e. The van der Waals surface area contributed by atoms with Gasteiger partial charge in [0.05, 0.1) is 11.8 Å². The number of hydrogen-bond donors (Lipinski definition) is 4. The number of nitrogen functional groups attached to an aromatic ring is 1. The van der Waals surface area contributed by atoms with Gasteiger partial charge in [0.1, 0.15) is 10.8 Å². The number of primary amides is 1. The van der Waals surface area contributed by atoms with Gasteiger partial charge in [-0.15, -0.1) is 0 Å². The highest BCUT2D eigenvalue weighted by Gasteiger charge is 2.21. The number of fused-ring (bicyclic) bond motifs is 1. The monoisotopic (exact) mass is 548 g/mol. The molecule has 1 fully saturated rings. The summed E-state index contributed by atoms with van der Waals surface area (Å²) in [5, 5.41) is 3.98. The first-order valence-electron chi connectivity index (χ1n) is 12.5. The molecule has 1 aliphatic rings. The van der Waals surface area contributed by atoms with Crippen LogP contribution in [0.4, 0.5) is 10.2 Å². The molecule has 1 saturated heterocycles. The lowest BCUT2D eigenvalue weighted by atomic mass is 10.1. The van der Waals surface area contributed by atoms with Gasteiger partial charge in [0, 0.05) is 66.3 Å². The average molecular weight is 549 g/mol. The van der Waals surface area contributed by atoms with Gasteiger partial charge in [0.25, 0.3) is 5.91 Å². The van der Waals surface area contributed by atoms with Crippen LogP contribution >= 0.6 is 11.8 Å². The van der Waals surface area contributed by atoms with E-state index in [-0.39, 0.29) is 23.9 Å². The zero-order valence-corrected chi connectivity index (χ0v) is 22.2. The van der Waals surface area contributed by atoms with E-state index in [0.29, 0.717) is 27.4 Å². The number of nitrogens with zero attached hydrogens (tertiary/aromatic N) is 4. The van der Waals surface area contributed by atoms with Crippen LogP contribution in [-0.2, 0) is 13.1 Å². The third-order valence-corrected chi connectivity index (χ3v) is 7.70. The number of rotatable bonds is 8. The Balaban J connectivity index is 1.36. The minimum atomic E-state index is -0.568. The van der Waals surface area contributed by atoms with Gasteiger partial charge in [-0.1, -0.05) is 23.9 Å². The van der Waals surface area contributed by atoms with E-state index in [1.807, 2.05) is 0 Å². The number of nitrogens with one attached hydrogen (secondary N) is 2. The van der Waals surface area contributed by atoms with Gasteiger partial charge in [-0.2, -0.15) is 0 Å². The van der Waals surface area contributed by atoms with E-state index in [9.17, 15) is 14.0 Å². The SMILES string of the molecule is CN1CCN(Cc2[nH]c3ccc(F)cc3c2CNC(=O)c2nc(Sc3ccccc3C(N)=O)cnc2N)CC1. The number of halogens is 1. The Morgan fingerprint density at radius 3 is 2.69 bits per heavy atom. The number of aromatic nitrogens is 3. The summed E-state index contributed by atoms with van der Waals surface area (Å²) >= 11 is 1.16. The first kappa shape index (κ1) is 26.6. The number of amides is 2. The van der Waals surface area contributed by atoms with Crippen molar-refractivity contribution in [1.82, 2.24) is 30.1 Å². The zero-order valence-electron chi connectivity index (χ0n) is 21.4. The van der Waals surface area contributed by atoms with Crippen molar-refractivity contribution in [2.75, 3.05) is 39.0 Å². The average Bonchev–Trinajstić information content (AvgIpc) is 3.25. The van der Waals surface area contributed by atoms with Crippen LogP contribution in [0.15, 0.2) is 58.6 Å². The summed E-state index contributed by atoms with van der Waals surface area (Å²) in [6.45, 7) is 4.58. The Morgan fingerprint density at radius 1 is 1.15 bits per heavy atom. The van der Waals surface area contributed by atoms with E-state index in [1.54, 1.807) is 30.3 Å². The van der Waals surface area contributed by atoms with Gasteiger partial charge in [0.15, 0.2) is 11.5 Å². The lowest BCUT2D eigenvalue weighted by Crippen LogP contribution is -2.44. The second-order valence-electron chi connectivity index (χ2n) is 9.44. The Morgan fingerprint density at radius 2 is 1.92 bits per heavy atom. The third-order valence-electron chi connectivity index (χ3n) is 6.72. The molecule has 5 rings (SSSR count). The van der Waals surface area contributed by atoms with Crippen LogP contribution in [0.2, 0.25) is 0 Å². The van der Waals surface area contributed by atoms with E-state index in [1.165, 1.54) is 18.3 Å². The number of anilines is 1. The van der Waals surface area contributed by atoms with Crippen LogP contribution in [0.5, 0.6) is 0 Å². The minimum Gasteiger partial charge on any atom is -0.382 e. The number of carbonyl (C=O) groups excluding carboxylic acids is 2. The van der Waals surface area contributed by atoms with Crippen LogP contribution in [0.1, 0.15) is 32.1 Å². The van der Waals surface area contributed by atoms with Crippen molar-refractivity contribution >= 4 is 40.3 Å². The molecule has 4 aromatic rings. The molecule has 0 bridgehead atoms. The van der Waals surface area contributed by atoms with Crippen LogP contribution in [-0.4, -0.2) is 69.8 Å². The Kier molecular flexibility index (Phi) is 7.77. The molecule has 10 nitrogen and oxygen atoms in total. The van der Waals surface area contributed by atoms with E-state index >= 15 is 0 Å². The Bertz CT molecular complexity index is 1530. The number of benzene rings is 2. The van der Waals surface area contributed by atoms with Crippen molar-refractivity contribution < 1.29 is 14.0 Å². The number of nitrogens with two attached hydrogens (primary N) is 2. The number of carbonyl (C=O) groups is 2. The predicted molar refractivity (Wildman–Crippen MR) is 148 cm³/mol. The van der Waals surface area contributed by atoms with E-state index in [0.717, 1.165) is 54.7 Å². The zero-order chi connectivity index (χ0) is 27.5. The molecular formula is C27H29FN8O2S. The maximum atomic E-state index is 14.2. The van der Waals surface area contributed by atoms with Crippen molar-refractivity contribution in [3.05, 3.63) is 77.0 Å². The van der Waals surface area contributed by atoms with Crippen LogP contribution in [0, 0.1) is 5.82 Å². The first-order chi connectivity index (χ1) is 18.8. The van der Waals surface area contributed by atoms with Crippen LogP contribution in [0.25, 0.3) is 10.9 Å². The third kappa shape index (κ3) is 6.03. The molecule has 2 aromatic carbocycles. The molecule has 0 spiro atoms. The van der Waals surface area contributed by atoms with E-state index in [2.05, 4.69) is 37.1 Å². The summed E-state index contributed by atoms with van der Waals surface area (Å²) < 4.78 is 14.2. The first-order valence-corrected chi connectivity index (χ1v) is 13.3. The molecule has 0 atom stereocenters. The lowest BCUT2D eigenvalue weighted by molar-refractivity contribution is 0.0944.